The van der Waals surface area contributed by atoms with Crippen molar-refractivity contribution in [2.24, 2.45) is 29.0 Å². The first-order valence-corrected chi connectivity index (χ1v) is 26.5. The Morgan fingerprint density at radius 1 is 0.750 bits per heavy atom. The number of fused-ring (bicyclic) bond motifs is 1. The number of aliphatic hydroxyl groups excluding tert-OH is 1. The number of carboxylic acids is 2. The van der Waals surface area contributed by atoms with Crippen molar-refractivity contribution in [1.29, 1.82) is 0 Å². The second-order valence-electron chi connectivity index (χ2n) is 18.7. The number of aliphatic hydroxyl groups is 1. The molecule has 32 heteroatoms. The SMILES string of the molecule is CC(C)C[C@H]1NC(=O)[C@H](CCC(=O)O)NC(=O)[C@@H](CC(N)=O)NC(=O)[C@H](N)CSSC[C@H](C(=O)N[C@@H](CC(N)=O)C(=O)O)NC(=O)[C@H]2CCCN2C(=O)[C@H](C(C)C)NC(=O)[C@H](CO)NC(=O)[C@H](Cc2cnc[nH]2)NC1=O. The molecule has 0 aromatic carbocycles. The average molecular weight is 1110 g/mol. The fraction of sp³-hybridized carbons (Fsp3) is 0.636. The number of carbonyl (C=O) groups excluding carboxylic acids is 11. The molecule has 0 aliphatic carbocycles. The lowest BCUT2D eigenvalue weighted by molar-refractivity contribution is -0.144. The Hall–Kier alpha value is -7.06. The number of hydrogen-bond acceptors (Lipinski definition) is 18. The highest BCUT2D eigenvalue weighted by Crippen LogP contribution is 2.25. The number of H-pyrrole nitrogens is 1. The predicted molar refractivity (Wildman–Crippen MR) is 269 cm³/mol. The Morgan fingerprint density at radius 2 is 1.33 bits per heavy atom. The zero-order chi connectivity index (χ0) is 57.0. The van der Waals surface area contributed by atoms with Crippen molar-refractivity contribution in [2.75, 3.05) is 24.7 Å². The van der Waals surface area contributed by atoms with E-state index in [0.29, 0.717) is 5.69 Å². The predicted octanol–water partition coefficient (Wildman–Crippen LogP) is -6.06. The van der Waals surface area contributed by atoms with Gasteiger partial charge in [-0.3, -0.25) is 57.5 Å². The number of nitrogens with zero attached hydrogens (tertiary/aromatic N) is 2. The van der Waals surface area contributed by atoms with Gasteiger partial charge in [-0.1, -0.05) is 49.3 Å². The first-order chi connectivity index (χ1) is 35.7. The van der Waals surface area contributed by atoms with Gasteiger partial charge in [-0.25, -0.2) is 9.78 Å². The van der Waals surface area contributed by atoms with E-state index in [-0.39, 0.29) is 49.7 Å². The van der Waals surface area contributed by atoms with Crippen LogP contribution in [0, 0.1) is 11.8 Å². The van der Waals surface area contributed by atoms with Gasteiger partial charge in [-0.15, -0.1) is 0 Å². The molecule has 76 heavy (non-hydrogen) atoms. The average Bonchev–Trinajstić information content (AvgIpc) is 4.05. The van der Waals surface area contributed by atoms with Gasteiger partial charge in [0.15, 0.2) is 0 Å². The minimum absolute atomic E-state index is 0.00449. The van der Waals surface area contributed by atoms with Crippen LogP contribution in [0.15, 0.2) is 12.5 Å². The molecule has 0 spiro atoms. The van der Waals surface area contributed by atoms with Gasteiger partial charge in [0.1, 0.15) is 54.4 Å². The van der Waals surface area contributed by atoms with Gasteiger partial charge in [0, 0.05) is 42.8 Å². The standard InChI is InChI=1S/C44H68N14O16S2/c1-19(2)10-24-37(66)53-25(11-21-14-48-18-49-21)38(67)55-28(15-59)40(69)57-34(20(3)4)43(72)58-9-5-6-30(58)42(71)56-29(41(70)54-27(44(73)74)13-32(47)61)17-76-75-16-22(45)35(64)51-26(12-31(46)60)39(68)50-23(36(65)52-24)7-8-33(62)63/h14,18-20,22-30,34,59H,5-13,15-17,45H2,1-4H3,(H2,46,60)(H2,47,61)(H,48,49)(H,50,68)(H,51,64)(H,52,65)(H,53,66)(H,54,70)(H,55,67)(H,56,71)(H,57,69)(H,62,63)(H,73,74)/t22-,23+,24-,25+,26-,27+,28+,29-,30-,34+/m1/s1. The molecule has 0 unspecified atom stereocenters. The fourth-order valence-corrected chi connectivity index (χ4v) is 10.0. The third-order valence-electron chi connectivity index (χ3n) is 11.7. The van der Waals surface area contributed by atoms with Gasteiger partial charge in [0.2, 0.25) is 65.0 Å². The second-order valence-corrected chi connectivity index (χ2v) is 21.3. The maximum Gasteiger partial charge on any atom is 0.326 e. The number of aliphatic carboxylic acids is 2. The number of carboxylic acid groups (broad SMARTS) is 2. The summed E-state index contributed by atoms with van der Waals surface area (Å²) in [7, 11) is 1.73. The Bertz CT molecular complexity index is 2290. The summed E-state index contributed by atoms with van der Waals surface area (Å²) in [6, 6.07) is -15.8. The summed E-state index contributed by atoms with van der Waals surface area (Å²) < 4.78 is 0. The Labute approximate surface area is 443 Å². The van der Waals surface area contributed by atoms with Gasteiger partial charge in [-0.05, 0) is 37.5 Å². The van der Waals surface area contributed by atoms with Crippen LogP contribution in [-0.2, 0) is 68.7 Å². The first kappa shape index (κ1) is 63.2. The van der Waals surface area contributed by atoms with Crippen molar-refractivity contribution in [3.05, 3.63) is 18.2 Å². The molecule has 2 aliphatic heterocycles. The molecule has 11 amide bonds. The van der Waals surface area contributed by atoms with Crippen molar-refractivity contribution in [3.8, 4) is 0 Å². The molecule has 30 nitrogen and oxygen atoms in total. The summed E-state index contributed by atoms with van der Waals surface area (Å²) in [5.41, 5.74) is 17.0. The van der Waals surface area contributed by atoms with Crippen molar-refractivity contribution in [3.63, 3.8) is 0 Å². The molecule has 3 rings (SSSR count). The Morgan fingerprint density at radius 3 is 1.91 bits per heavy atom. The molecule has 422 valence electrons. The van der Waals surface area contributed by atoms with Crippen LogP contribution in [0.3, 0.4) is 0 Å². The van der Waals surface area contributed by atoms with E-state index < -0.39 is 176 Å². The van der Waals surface area contributed by atoms with Crippen LogP contribution >= 0.6 is 21.6 Å². The molecular formula is C44H68N14O16S2. The second kappa shape index (κ2) is 30.5. The van der Waals surface area contributed by atoms with E-state index in [1.807, 2.05) is 0 Å². The quantitative estimate of drug-likeness (QED) is 0.0685. The number of nitrogens with one attached hydrogen (secondary N) is 9. The van der Waals surface area contributed by atoms with Crippen LogP contribution in [0.5, 0.6) is 0 Å². The Kier molecular flexibility index (Phi) is 25.4. The molecule has 18 N–H and O–H groups in total. The zero-order valence-electron chi connectivity index (χ0n) is 42.2. The Balaban J connectivity index is 2.12. The number of aromatic amines is 1. The largest absolute Gasteiger partial charge is 0.481 e. The van der Waals surface area contributed by atoms with E-state index in [1.165, 1.54) is 12.5 Å². The van der Waals surface area contributed by atoms with Crippen molar-refractivity contribution in [1.82, 2.24) is 57.4 Å². The summed E-state index contributed by atoms with van der Waals surface area (Å²) in [5.74, 6) is -15.9. The molecule has 0 bridgehead atoms. The summed E-state index contributed by atoms with van der Waals surface area (Å²) >= 11 is 0. The van der Waals surface area contributed by atoms with Crippen LogP contribution in [0.1, 0.15) is 78.3 Å². The number of hydrogen-bond donors (Lipinski definition) is 15. The minimum Gasteiger partial charge on any atom is -0.481 e. The molecule has 0 saturated carbocycles. The van der Waals surface area contributed by atoms with Crippen LogP contribution < -0.4 is 59.7 Å². The lowest BCUT2D eigenvalue weighted by Gasteiger charge is -2.32. The third-order valence-corrected chi connectivity index (χ3v) is 14.2. The van der Waals surface area contributed by atoms with E-state index >= 15 is 0 Å². The highest BCUT2D eigenvalue weighted by molar-refractivity contribution is 8.76. The molecular weight excluding hydrogens is 1040 g/mol. The zero-order valence-corrected chi connectivity index (χ0v) is 43.8. The summed E-state index contributed by atoms with van der Waals surface area (Å²) in [6.07, 6.45) is -0.390. The smallest absolute Gasteiger partial charge is 0.326 e. The fourth-order valence-electron chi connectivity index (χ4n) is 7.72. The number of nitrogens with two attached hydrogens (primary N) is 3. The van der Waals surface area contributed by atoms with E-state index in [2.05, 4.69) is 52.5 Å². The lowest BCUT2D eigenvalue weighted by atomic mass is 10.0. The third kappa shape index (κ3) is 20.2. The minimum atomic E-state index is -1.82. The number of imidazole rings is 1. The molecule has 0 radical (unpaired) electrons. The van der Waals surface area contributed by atoms with Gasteiger partial charge in [-0.2, -0.15) is 0 Å². The highest BCUT2D eigenvalue weighted by Gasteiger charge is 2.42. The van der Waals surface area contributed by atoms with Crippen LogP contribution in [0.25, 0.3) is 0 Å². The van der Waals surface area contributed by atoms with E-state index in [4.69, 9.17) is 17.2 Å². The van der Waals surface area contributed by atoms with Gasteiger partial charge >= 0.3 is 11.9 Å². The maximum absolute atomic E-state index is 14.3. The van der Waals surface area contributed by atoms with E-state index in [9.17, 15) is 77.6 Å². The molecule has 10 atom stereocenters. The van der Waals surface area contributed by atoms with Crippen molar-refractivity contribution in [2.45, 2.75) is 139 Å². The van der Waals surface area contributed by atoms with Crippen LogP contribution in [0.2, 0.25) is 0 Å². The summed E-state index contributed by atoms with van der Waals surface area (Å²) in [6.45, 7) is 5.51. The van der Waals surface area contributed by atoms with Gasteiger partial charge < -0.3 is 84.9 Å². The van der Waals surface area contributed by atoms with Crippen molar-refractivity contribution >= 4 is 98.5 Å². The first-order valence-electron chi connectivity index (χ1n) is 24.0. The lowest BCUT2D eigenvalue weighted by Crippen LogP contribution is -2.62. The molecule has 1 aromatic rings. The van der Waals surface area contributed by atoms with E-state index in [0.717, 1.165) is 26.5 Å². The number of primary amides is 2. The number of carbonyl (C=O) groups is 13. The molecule has 2 fully saturated rings. The van der Waals surface area contributed by atoms with Crippen LogP contribution in [0.4, 0.5) is 0 Å². The van der Waals surface area contributed by atoms with Crippen LogP contribution in [-0.4, -0.2) is 192 Å². The number of aromatic nitrogens is 2. The molecule has 3 heterocycles. The van der Waals surface area contributed by atoms with Crippen molar-refractivity contribution < 1.29 is 77.6 Å². The normalized spacial score (nSPS) is 25.9. The van der Waals surface area contributed by atoms with Gasteiger partial charge in [0.25, 0.3) is 0 Å². The molecule has 1 aromatic heterocycles. The molecule has 2 aliphatic rings. The van der Waals surface area contributed by atoms with E-state index in [1.54, 1.807) is 27.7 Å². The van der Waals surface area contributed by atoms with Gasteiger partial charge in [0.05, 0.1) is 31.8 Å². The number of rotatable bonds is 16. The summed E-state index contributed by atoms with van der Waals surface area (Å²) in [4.78, 5) is 181. The highest BCUT2D eigenvalue weighted by atomic mass is 33.1. The molecule has 2 saturated heterocycles. The topological polar surface area (TPSA) is 489 Å². The number of amides is 11. The summed E-state index contributed by atoms with van der Waals surface area (Å²) in [5, 5.41) is 48.8. The maximum atomic E-state index is 14.3. The monoisotopic (exact) mass is 1110 g/mol.